The van der Waals surface area contributed by atoms with E-state index in [0.717, 1.165) is 52.0 Å². The number of carbonyl (C=O) groups is 1. The predicted molar refractivity (Wildman–Crippen MR) is 110 cm³/mol. The van der Waals surface area contributed by atoms with E-state index >= 15 is 0 Å². The Balaban J connectivity index is 1.44. The minimum absolute atomic E-state index is 0.447. The summed E-state index contributed by atoms with van der Waals surface area (Å²) in [6.45, 7) is 0. The van der Waals surface area contributed by atoms with Crippen LogP contribution >= 0.6 is 0 Å². The van der Waals surface area contributed by atoms with E-state index in [9.17, 15) is 9.90 Å². The molecule has 0 heterocycles. The third-order valence-electron chi connectivity index (χ3n) is 7.28. The van der Waals surface area contributed by atoms with Crippen molar-refractivity contribution >= 4 is 12.0 Å². The Morgan fingerprint density at radius 3 is 2.07 bits per heavy atom. The minimum Gasteiger partial charge on any atom is -0.508 e. The Morgan fingerprint density at radius 1 is 0.857 bits per heavy atom. The van der Waals surface area contributed by atoms with Crippen LogP contribution in [0.1, 0.15) is 49.1 Å². The molecule has 4 saturated carbocycles. The number of hydrogen-bond acceptors (Lipinski definition) is 2. The molecule has 4 fully saturated rings. The largest absolute Gasteiger partial charge is 0.508 e. The highest BCUT2D eigenvalue weighted by atomic mass is 16.4. The first kappa shape index (κ1) is 17.5. The number of phenols is 1. The molecular weight excluding hydrogens is 348 g/mol. The van der Waals surface area contributed by atoms with Gasteiger partial charge in [0.2, 0.25) is 0 Å². The second-order valence-corrected chi connectivity index (χ2v) is 9.02. The molecule has 0 aromatic heterocycles. The predicted octanol–water partition coefficient (Wildman–Crippen LogP) is 5.70. The van der Waals surface area contributed by atoms with Crippen molar-refractivity contribution in [2.45, 2.75) is 38.0 Å². The van der Waals surface area contributed by atoms with Gasteiger partial charge in [-0.2, -0.15) is 0 Å². The molecule has 28 heavy (non-hydrogen) atoms. The summed E-state index contributed by atoms with van der Waals surface area (Å²) in [6, 6.07) is 14.0. The van der Waals surface area contributed by atoms with Crippen LogP contribution in [-0.4, -0.2) is 16.2 Å². The molecule has 4 aliphatic carbocycles. The average Bonchev–Trinajstić information content (AvgIpc) is 2.67. The number of carboxylic acid groups (broad SMARTS) is 1. The average molecular weight is 374 g/mol. The van der Waals surface area contributed by atoms with Crippen LogP contribution in [0.25, 0.3) is 17.2 Å². The summed E-state index contributed by atoms with van der Waals surface area (Å²) in [7, 11) is 0. The van der Waals surface area contributed by atoms with Crippen molar-refractivity contribution in [3.05, 3.63) is 59.7 Å². The van der Waals surface area contributed by atoms with Crippen LogP contribution < -0.4 is 0 Å². The number of hydrogen-bond donors (Lipinski definition) is 2. The Bertz CT molecular complexity index is 897. The molecular formula is C25H26O3. The van der Waals surface area contributed by atoms with Gasteiger partial charge in [0.1, 0.15) is 5.75 Å². The molecule has 0 unspecified atom stereocenters. The van der Waals surface area contributed by atoms with Gasteiger partial charge in [0.15, 0.2) is 0 Å². The Morgan fingerprint density at radius 2 is 1.46 bits per heavy atom. The number of rotatable bonds is 4. The van der Waals surface area contributed by atoms with E-state index in [4.69, 9.17) is 5.11 Å². The van der Waals surface area contributed by atoms with E-state index in [1.165, 1.54) is 32.1 Å². The molecule has 3 heteroatoms. The summed E-state index contributed by atoms with van der Waals surface area (Å²) in [5, 5.41) is 19.4. The topological polar surface area (TPSA) is 57.5 Å². The fraction of sp³-hybridized carbons (Fsp3) is 0.400. The maximum atomic E-state index is 10.7. The first-order valence-corrected chi connectivity index (χ1v) is 10.4. The number of aromatic hydroxyl groups is 1. The molecule has 0 amide bonds. The van der Waals surface area contributed by atoms with Crippen molar-refractivity contribution in [1.29, 1.82) is 0 Å². The number of aliphatic carboxylic acids is 1. The van der Waals surface area contributed by atoms with E-state index < -0.39 is 5.97 Å². The van der Waals surface area contributed by atoms with Crippen LogP contribution in [0.5, 0.6) is 5.75 Å². The number of benzene rings is 2. The van der Waals surface area contributed by atoms with Gasteiger partial charge < -0.3 is 10.2 Å². The normalized spacial score (nSPS) is 30.8. The van der Waals surface area contributed by atoms with Gasteiger partial charge in [-0.3, -0.25) is 0 Å². The monoisotopic (exact) mass is 374 g/mol. The highest BCUT2D eigenvalue weighted by Crippen LogP contribution is 2.60. The Labute approximate surface area is 165 Å². The zero-order chi connectivity index (χ0) is 19.3. The van der Waals surface area contributed by atoms with Gasteiger partial charge in [-0.25, -0.2) is 4.79 Å². The van der Waals surface area contributed by atoms with Gasteiger partial charge in [0.25, 0.3) is 0 Å². The molecule has 0 aliphatic heterocycles. The summed E-state index contributed by atoms with van der Waals surface area (Å²) in [6.07, 6.45) is 9.55. The molecule has 0 spiro atoms. The van der Waals surface area contributed by atoms with Gasteiger partial charge in [-0.1, -0.05) is 30.3 Å². The second-order valence-electron chi connectivity index (χ2n) is 9.02. The van der Waals surface area contributed by atoms with Crippen LogP contribution in [0, 0.1) is 23.7 Å². The lowest BCUT2D eigenvalue weighted by Gasteiger charge is -2.54. The third kappa shape index (κ3) is 3.13. The van der Waals surface area contributed by atoms with Gasteiger partial charge in [-0.05, 0) is 102 Å². The lowest BCUT2D eigenvalue weighted by atomic mass is 9.50. The molecule has 2 aromatic rings. The van der Waals surface area contributed by atoms with Gasteiger partial charge >= 0.3 is 5.97 Å². The fourth-order valence-corrected chi connectivity index (χ4v) is 6.39. The standard InChI is InChI=1S/C25H26O3/c26-23-7-6-19(18-4-1-15(2-5-18)3-8-24(27)28)14-22(23)25-20-10-16-9-17(12-20)13-21(25)11-16/h1-8,14,16-17,20-21,25-26H,9-13H2,(H,27,28). The summed E-state index contributed by atoms with van der Waals surface area (Å²) < 4.78 is 0. The number of phenolic OH excluding ortho intramolecular Hbond substituents is 1. The number of carboxylic acids is 1. The minimum atomic E-state index is -0.942. The highest BCUT2D eigenvalue weighted by molar-refractivity contribution is 5.85. The molecule has 4 aliphatic rings. The van der Waals surface area contributed by atoms with E-state index in [-0.39, 0.29) is 0 Å². The van der Waals surface area contributed by atoms with Crippen molar-refractivity contribution in [1.82, 2.24) is 0 Å². The highest BCUT2D eigenvalue weighted by Gasteiger charge is 2.49. The maximum Gasteiger partial charge on any atom is 0.328 e. The smallest absolute Gasteiger partial charge is 0.328 e. The molecule has 0 radical (unpaired) electrons. The van der Waals surface area contributed by atoms with E-state index in [1.54, 1.807) is 6.08 Å². The second kappa shape index (κ2) is 6.80. The molecule has 6 rings (SSSR count). The summed E-state index contributed by atoms with van der Waals surface area (Å²) >= 11 is 0. The first-order chi connectivity index (χ1) is 13.6. The Hall–Kier alpha value is -2.55. The van der Waals surface area contributed by atoms with Crippen molar-refractivity contribution in [2.75, 3.05) is 0 Å². The van der Waals surface area contributed by atoms with Crippen molar-refractivity contribution in [2.24, 2.45) is 23.7 Å². The molecule has 4 bridgehead atoms. The Kier molecular flexibility index (Phi) is 4.26. The van der Waals surface area contributed by atoms with Gasteiger partial charge in [-0.15, -0.1) is 0 Å². The molecule has 3 nitrogen and oxygen atoms in total. The van der Waals surface area contributed by atoms with Gasteiger partial charge in [0.05, 0.1) is 0 Å². The lowest BCUT2D eigenvalue weighted by molar-refractivity contribution is -0.131. The van der Waals surface area contributed by atoms with E-state index in [1.807, 2.05) is 36.4 Å². The van der Waals surface area contributed by atoms with Gasteiger partial charge in [0, 0.05) is 6.08 Å². The molecule has 2 N–H and O–H groups in total. The zero-order valence-corrected chi connectivity index (χ0v) is 15.9. The molecule has 0 atom stereocenters. The zero-order valence-electron chi connectivity index (χ0n) is 15.9. The van der Waals surface area contributed by atoms with Crippen molar-refractivity contribution < 1.29 is 15.0 Å². The summed E-state index contributed by atoms with van der Waals surface area (Å²) in [4.78, 5) is 10.7. The van der Waals surface area contributed by atoms with Crippen molar-refractivity contribution in [3.8, 4) is 16.9 Å². The molecule has 144 valence electrons. The van der Waals surface area contributed by atoms with Crippen LogP contribution in [0.15, 0.2) is 48.5 Å². The van der Waals surface area contributed by atoms with E-state index in [2.05, 4.69) is 6.07 Å². The summed E-state index contributed by atoms with van der Waals surface area (Å²) in [5.41, 5.74) is 4.22. The lowest BCUT2D eigenvalue weighted by Crippen LogP contribution is -2.43. The van der Waals surface area contributed by atoms with Crippen molar-refractivity contribution in [3.63, 3.8) is 0 Å². The SMILES string of the molecule is O=C(O)C=Cc1ccc(-c2ccc(O)c(C3C4CC5CC(C4)CC3C5)c2)cc1. The summed E-state index contributed by atoms with van der Waals surface area (Å²) in [5.74, 6) is 3.34. The van der Waals surface area contributed by atoms with Crippen LogP contribution in [-0.2, 0) is 4.79 Å². The fourth-order valence-electron chi connectivity index (χ4n) is 6.39. The van der Waals surface area contributed by atoms with E-state index in [0.29, 0.717) is 11.7 Å². The molecule has 0 saturated heterocycles. The third-order valence-corrected chi connectivity index (χ3v) is 7.28. The quantitative estimate of drug-likeness (QED) is 0.675. The maximum absolute atomic E-state index is 10.7. The van der Waals surface area contributed by atoms with Crippen LogP contribution in [0.3, 0.4) is 0 Å². The van der Waals surface area contributed by atoms with Crippen LogP contribution in [0.4, 0.5) is 0 Å². The molecule has 2 aromatic carbocycles. The first-order valence-electron chi connectivity index (χ1n) is 10.4. The van der Waals surface area contributed by atoms with Crippen LogP contribution in [0.2, 0.25) is 0 Å².